The van der Waals surface area contributed by atoms with Crippen LogP contribution in [0.3, 0.4) is 0 Å². The molecule has 0 unspecified atom stereocenters. The zero-order chi connectivity index (χ0) is 20.9. The number of hydrogen-bond acceptors (Lipinski definition) is 4. The normalized spacial score (nSPS) is 13.1. The molecule has 0 saturated carbocycles. The highest BCUT2D eigenvalue weighted by Crippen LogP contribution is 2.39. The Hall–Kier alpha value is -2.95. The second-order valence-electron chi connectivity index (χ2n) is 7.80. The highest BCUT2D eigenvalue weighted by atomic mass is 35.5. The molecule has 31 heavy (non-hydrogen) atoms. The fourth-order valence-electron chi connectivity index (χ4n) is 3.82. The summed E-state index contributed by atoms with van der Waals surface area (Å²) in [5.74, 6) is 1.86. The van der Waals surface area contributed by atoms with E-state index in [1.807, 2.05) is 48.5 Å². The molecule has 0 atom stereocenters. The van der Waals surface area contributed by atoms with E-state index in [1.54, 1.807) is 6.07 Å². The topological polar surface area (TPSA) is 41.9 Å². The van der Waals surface area contributed by atoms with Crippen molar-refractivity contribution in [2.45, 2.75) is 13.0 Å². The molecule has 1 N–H and O–H groups in total. The Labute approximate surface area is 190 Å². The maximum Gasteiger partial charge on any atom is 0.130 e. The Bertz CT molecular complexity index is 1050. The first-order valence-corrected chi connectivity index (χ1v) is 10.2. The van der Waals surface area contributed by atoms with Crippen molar-refractivity contribution in [3.8, 4) is 17.2 Å². The van der Waals surface area contributed by atoms with Crippen LogP contribution in [0.5, 0.6) is 17.2 Å². The van der Waals surface area contributed by atoms with Crippen molar-refractivity contribution >= 4 is 18.0 Å². The van der Waals surface area contributed by atoms with Crippen LogP contribution in [0.1, 0.15) is 23.1 Å². The van der Waals surface area contributed by atoms with Crippen molar-refractivity contribution in [1.29, 1.82) is 0 Å². The lowest BCUT2D eigenvalue weighted by atomic mass is 9.91. The van der Waals surface area contributed by atoms with Gasteiger partial charge in [0.15, 0.2) is 0 Å². The number of fused-ring (bicyclic) bond motifs is 1. The summed E-state index contributed by atoms with van der Waals surface area (Å²) < 4.78 is 12.1. The molecule has 3 aromatic rings. The second-order valence-corrected chi connectivity index (χ2v) is 7.80. The lowest BCUT2D eigenvalue weighted by Gasteiger charge is -2.18. The maximum atomic E-state index is 10.1. The van der Waals surface area contributed by atoms with Crippen molar-refractivity contribution < 1.29 is 14.6 Å². The molecule has 1 heterocycles. The van der Waals surface area contributed by atoms with Gasteiger partial charge in [-0.15, -0.1) is 12.4 Å². The summed E-state index contributed by atoms with van der Waals surface area (Å²) in [5.41, 5.74) is 5.57. The molecule has 4 rings (SSSR count). The Morgan fingerprint density at radius 2 is 1.77 bits per heavy atom. The van der Waals surface area contributed by atoms with Crippen LogP contribution in [0.15, 0.2) is 78.4 Å². The summed E-state index contributed by atoms with van der Waals surface area (Å²) in [6, 6.07) is 23.6. The Morgan fingerprint density at radius 1 is 0.968 bits per heavy atom. The fraction of sp³-hybridized carbons (Fsp3) is 0.231. The monoisotopic (exact) mass is 437 g/mol. The SMILES string of the molecule is CN(C)CC1=C(c2cccc(O)c2)c2ccc(OCc3ccccc3)cc2OCC1.Cl. The lowest BCUT2D eigenvalue weighted by Crippen LogP contribution is -2.17. The fourth-order valence-corrected chi connectivity index (χ4v) is 3.82. The van der Waals surface area contributed by atoms with Crippen LogP contribution in [0.25, 0.3) is 5.57 Å². The van der Waals surface area contributed by atoms with Gasteiger partial charge in [-0.1, -0.05) is 42.5 Å². The molecule has 0 saturated heterocycles. The summed E-state index contributed by atoms with van der Waals surface area (Å²) in [6.07, 6.45) is 0.831. The molecule has 0 radical (unpaired) electrons. The average Bonchev–Trinajstić information content (AvgIpc) is 2.91. The van der Waals surface area contributed by atoms with Gasteiger partial charge < -0.3 is 19.5 Å². The predicted molar refractivity (Wildman–Crippen MR) is 127 cm³/mol. The van der Waals surface area contributed by atoms with Crippen LogP contribution < -0.4 is 9.47 Å². The summed E-state index contributed by atoms with van der Waals surface area (Å²) in [6.45, 7) is 1.96. The van der Waals surface area contributed by atoms with Crippen LogP contribution in [0, 0.1) is 0 Å². The maximum absolute atomic E-state index is 10.1. The van der Waals surface area contributed by atoms with Gasteiger partial charge in [0.2, 0.25) is 0 Å². The summed E-state index contributed by atoms with van der Waals surface area (Å²) in [5, 5.41) is 10.1. The van der Waals surface area contributed by atoms with E-state index in [2.05, 4.69) is 37.2 Å². The van der Waals surface area contributed by atoms with Gasteiger partial charge in [-0.2, -0.15) is 0 Å². The van der Waals surface area contributed by atoms with E-state index in [1.165, 1.54) is 5.57 Å². The first-order valence-electron chi connectivity index (χ1n) is 10.2. The molecule has 0 bridgehead atoms. The van der Waals surface area contributed by atoms with Gasteiger partial charge in [0.05, 0.1) is 6.61 Å². The molecular formula is C26H28ClNO3. The predicted octanol–water partition coefficient (Wildman–Crippen LogP) is 5.54. The van der Waals surface area contributed by atoms with E-state index in [4.69, 9.17) is 9.47 Å². The molecule has 0 amide bonds. The largest absolute Gasteiger partial charge is 0.508 e. The van der Waals surface area contributed by atoms with Gasteiger partial charge in [0.1, 0.15) is 23.9 Å². The summed E-state index contributed by atoms with van der Waals surface area (Å²) in [7, 11) is 4.14. The molecule has 0 aliphatic carbocycles. The average molecular weight is 438 g/mol. The third-order valence-electron chi connectivity index (χ3n) is 5.13. The standard InChI is InChI=1S/C26H27NO3.ClH/c1-27(2)17-21-13-14-29-25-16-23(30-18-19-7-4-3-5-8-19)11-12-24(25)26(21)20-9-6-10-22(28)15-20;/h3-12,15-16,28H,13-14,17-18H2,1-2H3;1H. The van der Waals surface area contributed by atoms with Crippen LogP contribution in [-0.2, 0) is 6.61 Å². The number of halogens is 1. The van der Waals surface area contributed by atoms with Gasteiger partial charge in [0.25, 0.3) is 0 Å². The molecule has 1 aliphatic rings. The Balaban J connectivity index is 0.00000272. The summed E-state index contributed by atoms with van der Waals surface area (Å²) >= 11 is 0. The van der Waals surface area contributed by atoms with Crippen molar-refractivity contribution in [2.24, 2.45) is 0 Å². The number of likely N-dealkylation sites (N-methyl/N-ethyl adjacent to an activating group) is 1. The van der Waals surface area contributed by atoms with Crippen molar-refractivity contribution in [3.63, 3.8) is 0 Å². The highest BCUT2D eigenvalue weighted by molar-refractivity contribution is 5.86. The van der Waals surface area contributed by atoms with E-state index in [-0.39, 0.29) is 18.2 Å². The molecule has 0 fully saturated rings. The van der Waals surface area contributed by atoms with Crippen molar-refractivity contribution in [3.05, 3.63) is 95.1 Å². The number of hydrogen-bond donors (Lipinski definition) is 1. The van der Waals surface area contributed by atoms with E-state index < -0.39 is 0 Å². The lowest BCUT2D eigenvalue weighted by molar-refractivity contribution is 0.295. The molecule has 5 heteroatoms. The molecule has 162 valence electrons. The van der Waals surface area contributed by atoms with E-state index in [0.717, 1.165) is 46.7 Å². The number of phenolic OH excluding ortho intramolecular Hbond substituents is 1. The Kier molecular flexibility index (Phi) is 7.61. The molecular weight excluding hydrogens is 410 g/mol. The van der Waals surface area contributed by atoms with Crippen molar-refractivity contribution in [2.75, 3.05) is 27.2 Å². The smallest absolute Gasteiger partial charge is 0.130 e. The number of phenols is 1. The first kappa shape index (κ1) is 22.7. The number of aromatic hydroxyl groups is 1. The van der Waals surface area contributed by atoms with Gasteiger partial charge in [-0.3, -0.25) is 0 Å². The zero-order valence-electron chi connectivity index (χ0n) is 17.9. The number of nitrogens with zero attached hydrogens (tertiary/aromatic N) is 1. The first-order chi connectivity index (χ1) is 14.6. The highest BCUT2D eigenvalue weighted by Gasteiger charge is 2.21. The molecule has 3 aromatic carbocycles. The van der Waals surface area contributed by atoms with Gasteiger partial charge in [0, 0.05) is 24.6 Å². The van der Waals surface area contributed by atoms with E-state index >= 15 is 0 Å². The van der Waals surface area contributed by atoms with Crippen LogP contribution in [-0.4, -0.2) is 37.3 Å². The zero-order valence-corrected chi connectivity index (χ0v) is 18.7. The molecule has 4 nitrogen and oxygen atoms in total. The minimum atomic E-state index is 0. The van der Waals surface area contributed by atoms with Gasteiger partial charge in [-0.05, 0) is 60.6 Å². The molecule has 0 spiro atoms. The van der Waals surface area contributed by atoms with Crippen LogP contribution in [0.2, 0.25) is 0 Å². The van der Waals surface area contributed by atoms with Gasteiger partial charge >= 0.3 is 0 Å². The third kappa shape index (κ3) is 5.60. The summed E-state index contributed by atoms with van der Waals surface area (Å²) in [4.78, 5) is 2.17. The number of benzene rings is 3. The molecule has 0 aromatic heterocycles. The van der Waals surface area contributed by atoms with E-state index in [0.29, 0.717) is 13.2 Å². The van der Waals surface area contributed by atoms with E-state index in [9.17, 15) is 5.11 Å². The van der Waals surface area contributed by atoms with Crippen molar-refractivity contribution in [1.82, 2.24) is 4.90 Å². The minimum absolute atomic E-state index is 0. The van der Waals surface area contributed by atoms with Crippen LogP contribution in [0.4, 0.5) is 0 Å². The minimum Gasteiger partial charge on any atom is -0.508 e. The van der Waals surface area contributed by atoms with Gasteiger partial charge in [-0.25, -0.2) is 0 Å². The quantitative estimate of drug-likeness (QED) is 0.549. The number of rotatable bonds is 6. The second kappa shape index (κ2) is 10.4. The number of ether oxygens (including phenoxy) is 2. The molecule has 1 aliphatic heterocycles. The third-order valence-corrected chi connectivity index (χ3v) is 5.13. The van der Waals surface area contributed by atoms with Crippen LogP contribution >= 0.6 is 12.4 Å². The Morgan fingerprint density at radius 3 is 2.52 bits per heavy atom.